The maximum atomic E-state index is 13.1. The van der Waals surface area contributed by atoms with Crippen molar-refractivity contribution in [2.45, 2.75) is 38.1 Å². The molecule has 2 nitrogen and oxygen atoms in total. The van der Waals surface area contributed by atoms with Gasteiger partial charge in [0.2, 0.25) is 0 Å². The van der Waals surface area contributed by atoms with E-state index in [0.29, 0.717) is 18.2 Å². The van der Waals surface area contributed by atoms with Gasteiger partial charge in [-0.3, -0.25) is 4.79 Å². The molecule has 0 heterocycles. The maximum absolute atomic E-state index is 13.1. The summed E-state index contributed by atoms with van der Waals surface area (Å²) in [6.45, 7) is 0.383. The minimum Gasteiger partial charge on any atom is -0.307 e. The van der Waals surface area contributed by atoms with E-state index in [1.807, 2.05) is 0 Å². The normalized spacial score (nSPS) is 16.1. The number of hydrogen-bond donors (Lipinski definition) is 1. The highest BCUT2D eigenvalue weighted by molar-refractivity contribution is 9.10. The molecule has 0 radical (unpaired) electrons. The lowest BCUT2D eigenvalue weighted by molar-refractivity contribution is -0.117. The third kappa shape index (κ3) is 3.89. The van der Waals surface area contributed by atoms with Crippen LogP contribution in [-0.4, -0.2) is 18.4 Å². The number of hydrogen-bond acceptors (Lipinski definition) is 2. The van der Waals surface area contributed by atoms with Gasteiger partial charge in [-0.15, -0.1) is 0 Å². The summed E-state index contributed by atoms with van der Waals surface area (Å²) in [5.74, 6) is -0.196. The van der Waals surface area contributed by atoms with Crippen LogP contribution in [0.15, 0.2) is 22.7 Å². The lowest BCUT2D eigenvalue weighted by atomic mass is 10.1. The van der Waals surface area contributed by atoms with Crippen LogP contribution in [0.5, 0.6) is 0 Å². The summed E-state index contributed by atoms with van der Waals surface area (Å²) in [4.78, 5) is 11.8. The number of Topliss-reactive ketones (excluding diaryl/α,β-unsaturated/α-hetero) is 1. The molecule has 1 fully saturated rings. The average Bonchev–Trinajstić information content (AvgIpc) is 2.84. The Bertz CT molecular complexity index is 430. The highest BCUT2D eigenvalue weighted by Gasteiger charge is 2.15. The quantitative estimate of drug-likeness (QED) is 0.904. The first kappa shape index (κ1) is 13.7. The summed E-state index contributed by atoms with van der Waals surface area (Å²) in [6.07, 6.45) is 5.11. The van der Waals surface area contributed by atoms with Crippen LogP contribution in [0.4, 0.5) is 4.39 Å². The molecular weight excluding hydrogens is 297 g/mol. The van der Waals surface area contributed by atoms with Crippen molar-refractivity contribution in [1.82, 2.24) is 5.32 Å². The predicted molar refractivity (Wildman–Crippen MR) is 73.1 cm³/mol. The molecule has 0 saturated heterocycles. The molecule has 1 aromatic carbocycles. The molecule has 1 aromatic rings. The Balaban J connectivity index is 1.84. The highest BCUT2D eigenvalue weighted by atomic mass is 79.9. The van der Waals surface area contributed by atoms with Crippen molar-refractivity contribution in [3.63, 3.8) is 0 Å². The first-order chi connectivity index (χ1) is 8.65. The molecule has 0 spiro atoms. The summed E-state index contributed by atoms with van der Waals surface area (Å²) in [6, 6.07) is 4.93. The lowest BCUT2D eigenvalue weighted by Gasteiger charge is -2.11. The van der Waals surface area contributed by atoms with Crippen molar-refractivity contribution < 1.29 is 9.18 Å². The van der Waals surface area contributed by atoms with Crippen LogP contribution in [0.1, 0.15) is 31.2 Å². The second-order valence-electron chi connectivity index (χ2n) is 4.81. The van der Waals surface area contributed by atoms with Crippen molar-refractivity contribution in [3.8, 4) is 0 Å². The largest absolute Gasteiger partial charge is 0.307 e. The van der Waals surface area contributed by atoms with Crippen LogP contribution < -0.4 is 5.32 Å². The molecule has 0 bridgehead atoms. The van der Waals surface area contributed by atoms with Gasteiger partial charge in [0.1, 0.15) is 5.82 Å². The maximum Gasteiger partial charge on any atom is 0.151 e. The number of carbonyl (C=O) groups is 1. The Morgan fingerprint density at radius 2 is 2.11 bits per heavy atom. The van der Waals surface area contributed by atoms with Crippen molar-refractivity contribution >= 4 is 21.7 Å². The highest BCUT2D eigenvalue weighted by Crippen LogP contribution is 2.19. The predicted octanol–water partition coefficient (Wildman–Crippen LogP) is 3.23. The molecule has 4 heteroatoms. The van der Waals surface area contributed by atoms with E-state index in [2.05, 4.69) is 21.2 Å². The minimum atomic E-state index is -0.301. The number of benzene rings is 1. The van der Waals surface area contributed by atoms with Gasteiger partial charge in [-0.1, -0.05) is 28.8 Å². The summed E-state index contributed by atoms with van der Waals surface area (Å²) in [5, 5.41) is 3.28. The van der Waals surface area contributed by atoms with Crippen molar-refractivity contribution in [2.24, 2.45) is 0 Å². The van der Waals surface area contributed by atoms with Crippen LogP contribution in [0.2, 0.25) is 0 Å². The molecule has 0 amide bonds. The van der Waals surface area contributed by atoms with E-state index in [1.165, 1.54) is 25.0 Å². The molecule has 0 unspecified atom stereocenters. The zero-order chi connectivity index (χ0) is 13.0. The topological polar surface area (TPSA) is 29.1 Å². The van der Waals surface area contributed by atoms with E-state index in [0.717, 1.165) is 17.3 Å². The van der Waals surface area contributed by atoms with Crippen LogP contribution in [0, 0.1) is 5.82 Å². The number of rotatable bonds is 5. The van der Waals surface area contributed by atoms with Crippen LogP contribution in [0.25, 0.3) is 0 Å². The second-order valence-corrected chi connectivity index (χ2v) is 5.67. The molecule has 1 aliphatic carbocycles. The van der Waals surface area contributed by atoms with E-state index in [1.54, 1.807) is 6.07 Å². The van der Waals surface area contributed by atoms with Gasteiger partial charge in [0.15, 0.2) is 5.78 Å². The molecule has 98 valence electrons. The van der Waals surface area contributed by atoms with E-state index in [4.69, 9.17) is 0 Å². The molecule has 1 aliphatic rings. The smallest absolute Gasteiger partial charge is 0.151 e. The van der Waals surface area contributed by atoms with E-state index < -0.39 is 0 Å². The lowest BCUT2D eigenvalue weighted by Crippen LogP contribution is -2.32. The van der Waals surface area contributed by atoms with Gasteiger partial charge in [-0.25, -0.2) is 4.39 Å². The van der Waals surface area contributed by atoms with Crippen molar-refractivity contribution in [1.29, 1.82) is 0 Å². The summed E-state index contributed by atoms with van der Waals surface area (Å²) in [5.41, 5.74) is 0.716. The summed E-state index contributed by atoms with van der Waals surface area (Å²) < 4.78 is 13.9. The van der Waals surface area contributed by atoms with E-state index >= 15 is 0 Å². The van der Waals surface area contributed by atoms with Crippen LogP contribution in [-0.2, 0) is 11.2 Å². The Labute approximate surface area is 115 Å². The van der Waals surface area contributed by atoms with Gasteiger partial charge >= 0.3 is 0 Å². The fourth-order valence-electron chi connectivity index (χ4n) is 2.34. The Hall–Kier alpha value is -0.740. The molecule has 0 aromatic heterocycles. The van der Waals surface area contributed by atoms with Gasteiger partial charge in [-0.05, 0) is 36.6 Å². The third-order valence-electron chi connectivity index (χ3n) is 3.34. The fraction of sp³-hybridized carbons (Fsp3) is 0.500. The average molecular weight is 314 g/mol. The van der Waals surface area contributed by atoms with Gasteiger partial charge < -0.3 is 5.32 Å². The standard InChI is InChI=1S/C14H17BrFNO/c15-14-6-5-11(16)7-10(14)8-13(18)9-17-12-3-1-2-4-12/h5-7,12,17H,1-4,8-9H2. The van der Waals surface area contributed by atoms with E-state index in [-0.39, 0.29) is 18.0 Å². The third-order valence-corrected chi connectivity index (χ3v) is 4.11. The van der Waals surface area contributed by atoms with Gasteiger partial charge in [0, 0.05) is 16.9 Å². The van der Waals surface area contributed by atoms with Crippen molar-refractivity contribution in [3.05, 3.63) is 34.1 Å². The number of halogens is 2. The molecule has 1 N–H and O–H groups in total. The number of carbonyl (C=O) groups excluding carboxylic acids is 1. The van der Waals surface area contributed by atoms with Crippen molar-refractivity contribution in [2.75, 3.05) is 6.54 Å². The van der Waals surface area contributed by atoms with E-state index in [9.17, 15) is 9.18 Å². The van der Waals surface area contributed by atoms with Gasteiger partial charge in [0.25, 0.3) is 0 Å². The second kappa shape index (κ2) is 6.43. The summed E-state index contributed by atoms with van der Waals surface area (Å²) in [7, 11) is 0. The molecule has 0 atom stereocenters. The SMILES string of the molecule is O=C(CNC1CCCC1)Cc1cc(F)ccc1Br. The monoisotopic (exact) mass is 313 g/mol. The molecule has 1 saturated carbocycles. The van der Waals surface area contributed by atoms with Gasteiger partial charge in [-0.2, -0.15) is 0 Å². The molecular formula is C14H17BrFNO. The number of ketones is 1. The molecule has 0 aliphatic heterocycles. The van der Waals surface area contributed by atoms with Crippen LogP contribution in [0.3, 0.4) is 0 Å². The number of nitrogens with one attached hydrogen (secondary N) is 1. The minimum absolute atomic E-state index is 0.105. The zero-order valence-corrected chi connectivity index (χ0v) is 11.8. The first-order valence-corrected chi connectivity index (χ1v) is 7.13. The Morgan fingerprint density at radius 3 is 2.83 bits per heavy atom. The molecule has 2 rings (SSSR count). The fourth-order valence-corrected chi connectivity index (χ4v) is 2.73. The summed E-state index contributed by atoms with van der Waals surface area (Å²) >= 11 is 3.34. The van der Waals surface area contributed by atoms with Gasteiger partial charge in [0.05, 0.1) is 6.54 Å². The molecule has 18 heavy (non-hydrogen) atoms. The van der Waals surface area contributed by atoms with Crippen LogP contribution >= 0.6 is 15.9 Å². The zero-order valence-electron chi connectivity index (χ0n) is 10.2. The Morgan fingerprint density at radius 1 is 1.39 bits per heavy atom. The first-order valence-electron chi connectivity index (χ1n) is 6.34. The Kier molecular flexibility index (Phi) is 4.89.